The molecule has 2 rings (SSSR count). The number of hydrogen-bond donors (Lipinski definition) is 1. The second-order valence-electron chi connectivity index (χ2n) is 5.24. The van der Waals surface area contributed by atoms with Gasteiger partial charge in [0.05, 0.1) is 19.9 Å². The Kier molecular flexibility index (Phi) is 6.32. The van der Waals surface area contributed by atoms with Gasteiger partial charge in [-0.15, -0.1) is 13.2 Å². The Hall–Kier alpha value is -2.90. The van der Waals surface area contributed by atoms with Crippen molar-refractivity contribution in [1.29, 1.82) is 0 Å². The topological polar surface area (TPSA) is 56.8 Å². The molecule has 2 aromatic rings. The fourth-order valence-corrected chi connectivity index (χ4v) is 2.40. The molecular weight excluding hydrogens is 351 g/mol. The maximum Gasteiger partial charge on any atom is 0.573 e. The van der Waals surface area contributed by atoms with Crippen molar-refractivity contribution in [2.75, 3.05) is 19.5 Å². The molecule has 140 valence electrons. The first-order valence-electron chi connectivity index (χ1n) is 7.68. The Morgan fingerprint density at radius 1 is 1.00 bits per heavy atom. The quantitative estimate of drug-likeness (QED) is 0.796. The third kappa shape index (κ3) is 5.30. The van der Waals surface area contributed by atoms with Crippen molar-refractivity contribution in [3.63, 3.8) is 0 Å². The summed E-state index contributed by atoms with van der Waals surface area (Å²) in [5.74, 6) is 0.137. The van der Waals surface area contributed by atoms with Crippen LogP contribution >= 0.6 is 0 Å². The van der Waals surface area contributed by atoms with Crippen LogP contribution in [0.5, 0.6) is 17.2 Å². The molecule has 1 amide bonds. The van der Waals surface area contributed by atoms with Crippen LogP contribution < -0.4 is 19.5 Å². The van der Waals surface area contributed by atoms with Gasteiger partial charge in [0.1, 0.15) is 0 Å². The number of ether oxygens (including phenoxy) is 3. The van der Waals surface area contributed by atoms with Crippen molar-refractivity contribution in [2.24, 2.45) is 0 Å². The predicted molar refractivity (Wildman–Crippen MR) is 89.6 cm³/mol. The Labute approximate surface area is 148 Å². The third-order valence-electron chi connectivity index (χ3n) is 3.49. The minimum absolute atomic E-state index is 0.0455. The van der Waals surface area contributed by atoms with E-state index in [-0.39, 0.29) is 12.1 Å². The van der Waals surface area contributed by atoms with Crippen LogP contribution in [-0.4, -0.2) is 26.5 Å². The van der Waals surface area contributed by atoms with Gasteiger partial charge in [0.2, 0.25) is 5.91 Å². The zero-order valence-electron chi connectivity index (χ0n) is 14.2. The van der Waals surface area contributed by atoms with Crippen LogP contribution in [0.3, 0.4) is 0 Å². The minimum atomic E-state index is -4.84. The SMILES string of the molecule is COc1cccc(CCC(=O)Nc2ccccc2OC(F)(F)F)c1OC. The lowest BCUT2D eigenvalue weighted by atomic mass is 10.1. The number of anilines is 1. The highest BCUT2D eigenvalue weighted by Crippen LogP contribution is 2.32. The van der Waals surface area contributed by atoms with Crippen molar-refractivity contribution < 1.29 is 32.2 Å². The fraction of sp³-hybridized carbons (Fsp3) is 0.278. The van der Waals surface area contributed by atoms with E-state index < -0.39 is 18.0 Å². The van der Waals surface area contributed by atoms with Crippen molar-refractivity contribution in [3.05, 3.63) is 48.0 Å². The van der Waals surface area contributed by atoms with Crippen LogP contribution in [0, 0.1) is 0 Å². The van der Waals surface area contributed by atoms with Crippen molar-refractivity contribution in [2.45, 2.75) is 19.2 Å². The number of carbonyl (C=O) groups is 1. The molecule has 0 aliphatic rings. The lowest BCUT2D eigenvalue weighted by molar-refractivity contribution is -0.274. The van der Waals surface area contributed by atoms with Crippen molar-refractivity contribution in [1.82, 2.24) is 0 Å². The highest BCUT2D eigenvalue weighted by molar-refractivity contribution is 5.92. The van der Waals surface area contributed by atoms with E-state index in [0.717, 1.165) is 11.6 Å². The van der Waals surface area contributed by atoms with Gasteiger partial charge in [-0.3, -0.25) is 4.79 Å². The van der Waals surface area contributed by atoms with Gasteiger partial charge in [0.15, 0.2) is 17.2 Å². The molecule has 0 saturated heterocycles. The largest absolute Gasteiger partial charge is 0.573 e. The number of benzene rings is 2. The van der Waals surface area contributed by atoms with Crippen LogP contribution in [0.4, 0.5) is 18.9 Å². The standard InChI is InChI=1S/C18H18F3NO4/c1-24-15-9-5-6-12(17(15)25-2)10-11-16(23)22-13-7-3-4-8-14(13)26-18(19,20)21/h3-9H,10-11H2,1-2H3,(H,22,23). The number of aryl methyl sites for hydroxylation is 1. The van der Waals surface area contributed by atoms with Crippen LogP contribution in [0.1, 0.15) is 12.0 Å². The molecule has 1 N–H and O–H groups in total. The summed E-state index contributed by atoms with van der Waals surface area (Å²) in [6.45, 7) is 0. The first-order valence-corrected chi connectivity index (χ1v) is 7.68. The van der Waals surface area contributed by atoms with E-state index in [1.165, 1.54) is 32.4 Å². The van der Waals surface area contributed by atoms with E-state index in [9.17, 15) is 18.0 Å². The van der Waals surface area contributed by atoms with E-state index >= 15 is 0 Å². The highest BCUT2D eigenvalue weighted by atomic mass is 19.4. The maximum atomic E-state index is 12.4. The van der Waals surface area contributed by atoms with E-state index in [4.69, 9.17) is 9.47 Å². The maximum absolute atomic E-state index is 12.4. The Morgan fingerprint density at radius 2 is 1.69 bits per heavy atom. The Morgan fingerprint density at radius 3 is 2.35 bits per heavy atom. The molecule has 0 aliphatic heterocycles. The Bertz CT molecular complexity index is 762. The third-order valence-corrected chi connectivity index (χ3v) is 3.49. The number of amides is 1. The molecule has 0 fully saturated rings. The van der Waals surface area contributed by atoms with Gasteiger partial charge < -0.3 is 19.5 Å². The van der Waals surface area contributed by atoms with E-state index in [1.807, 2.05) is 0 Å². The van der Waals surface area contributed by atoms with Crippen LogP contribution in [0.25, 0.3) is 0 Å². The number of rotatable bonds is 7. The number of nitrogens with one attached hydrogen (secondary N) is 1. The highest BCUT2D eigenvalue weighted by Gasteiger charge is 2.32. The lowest BCUT2D eigenvalue weighted by Gasteiger charge is -2.14. The molecule has 0 unspecified atom stereocenters. The van der Waals surface area contributed by atoms with Crippen LogP contribution in [0.15, 0.2) is 42.5 Å². The summed E-state index contributed by atoms with van der Waals surface area (Å²) in [6, 6.07) is 10.6. The minimum Gasteiger partial charge on any atom is -0.493 e. The molecule has 2 aromatic carbocycles. The molecular formula is C18H18F3NO4. The zero-order chi connectivity index (χ0) is 19.2. The van der Waals surface area contributed by atoms with Crippen LogP contribution in [-0.2, 0) is 11.2 Å². The average molecular weight is 369 g/mol. The van der Waals surface area contributed by atoms with Gasteiger partial charge >= 0.3 is 6.36 Å². The van der Waals surface area contributed by atoms with Gasteiger partial charge in [-0.1, -0.05) is 24.3 Å². The summed E-state index contributed by atoms with van der Waals surface area (Å²) in [5.41, 5.74) is 0.703. The van der Waals surface area contributed by atoms with Gasteiger partial charge in [0, 0.05) is 6.42 Å². The second-order valence-corrected chi connectivity index (χ2v) is 5.24. The summed E-state index contributed by atoms with van der Waals surface area (Å²) in [4.78, 5) is 12.1. The van der Waals surface area contributed by atoms with Gasteiger partial charge in [0.25, 0.3) is 0 Å². The molecule has 26 heavy (non-hydrogen) atoms. The summed E-state index contributed by atoms with van der Waals surface area (Å²) in [7, 11) is 3.00. The summed E-state index contributed by atoms with van der Waals surface area (Å²) >= 11 is 0. The predicted octanol–water partition coefficient (Wildman–Crippen LogP) is 4.17. The first kappa shape index (κ1) is 19.4. The smallest absolute Gasteiger partial charge is 0.493 e. The Balaban J connectivity index is 2.05. The van der Waals surface area contributed by atoms with Gasteiger partial charge in [-0.05, 0) is 30.2 Å². The van der Waals surface area contributed by atoms with E-state index in [0.29, 0.717) is 17.9 Å². The normalized spacial score (nSPS) is 11.0. The number of hydrogen-bond acceptors (Lipinski definition) is 4. The monoisotopic (exact) mass is 369 g/mol. The number of methoxy groups -OCH3 is 2. The molecule has 8 heteroatoms. The summed E-state index contributed by atoms with van der Waals surface area (Å²) < 4.78 is 51.7. The van der Waals surface area contributed by atoms with E-state index in [2.05, 4.69) is 10.1 Å². The van der Waals surface area contributed by atoms with Crippen LogP contribution in [0.2, 0.25) is 0 Å². The molecule has 0 radical (unpaired) electrons. The van der Waals surface area contributed by atoms with Gasteiger partial charge in [-0.2, -0.15) is 0 Å². The molecule has 0 spiro atoms. The lowest BCUT2D eigenvalue weighted by Crippen LogP contribution is -2.19. The van der Waals surface area contributed by atoms with E-state index in [1.54, 1.807) is 18.2 Å². The molecule has 0 heterocycles. The molecule has 0 atom stereocenters. The fourth-order valence-electron chi connectivity index (χ4n) is 2.40. The average Bonchev–Trinajstić information content (AvgIpc) is 2.60. The first-order chi connectivity index (χ1) is 12.3. The molecule has 0 saturated carbocycles. The van der Waals surface area contributed by atoms with Gasteiger partial charge in [-0.25, -0.2) is 0 Å². The van der Waals surface area contributed by atoms with Crippen molar-refractivity contribution in [3.8, 4) is 17.2 Å². The molecule has 5 nitrogen and oxygen atoms in total. The number of halogens is 3. The van der Waals surface area contributed by atoms with Crippen molar-refractivity contribution >= 4 is 11.6 Å². The number of para-hydroxylation sites is 3. The number of carbonyl (C=O) groups excluding carboxylic acids is 1. The molecule has 0 bridgehead atoms. The molecule has 0 aromatic heterocycles. The summed E-state index contributed by atoms with van der Waals surface area (Å²) in [6.07, 6.45) is -4.47. The summed E-state index contributed by atoms with van der Waals surface area (Å²) in [5, 5.41) is 2.43. The second kappa shape index (κ2) is 8.46. The number of alkyl halides is 3. The molecule has 0 aliphatic carbocycles. The zero-order valence-corrected chi connectivity index (χ0v) is 14.2.